The zero-order chi connectivity index (χ0) is 14.0. The van der Waals surface area contributed by atoms with Crippen LogP contribution in [0.25, 0.3) is 0 Å². The molecule has 1 heterocycles. The van der Waals surface area contributed by atoms with Crippen LogP contribution >= 0.6 is 0 Å². The molecule has 6 rings (SSSR count). The highest BCUT2D eigenvalue weighted by molar-refractivity contribution is 5.19. The van der Waals surface area contributed by atoms with Crippen LogP contribution in [0, 0.1) is 29.1 Å². The van der Waals surface area contributed by atoms with Crippen molar-refractivity contribution in [3.05, 3.63) is 17.2 Å². The molecule has 114 valence electrons. The molecule has 21 heavy (non-hydrogen) atoms. The minimum atomic E-state index is 0.626. The first-order chi connectivity index (χ1) is 10.2. The van der Waals surface area contributed by atoms with Gasteiger partial charge in [0, 0.05) is 12.1 Å². The van der Waals surface area contributed by atoms with E-state index in [2.05, 4.69) is 11.9 Å². The van der Waals surface area contributed by atoms with E-state index in [0.29, 0.717) is 5.41 Å². The van der Waals surface area contributed by atoms with Crippen LogP contribution in [0.4, 0.5) is 0 Å². The summed E-state index contributed by atoms with van der Waals surface area (Å²) in [5, 5.41) is 0. The van der Waals surface area contributed by atoms with Gasteiger partial charge in [-0.1, -0.05) is 6.92 Å². The third-order valence-corrected chi connectivity index (χ3v) is 7.05. The van der Waals surface area contributed by atoms with E-state index in [-0.39, 0.29) is 0 Å². The summed E-state index contributed by atoms with van der Waals surface area (Å²) < 4.78 is 0. The molecule has 0 aromatic carbocycles. The molecule has 0 amide bonds. The first-order valence-electron chi connectivity index (χ1n) is 9.24. The molecule has 1 aromatic heterocycles. The molecule has 0 aliphatic heterocycles. The van der Waals surface area contributed by atoms with E-state index in [1.54, 1.807) is 19.3 Å². The average molecular weight is 284 g/mol. The van der Waals surface area contributed by atoms with Crippen molar-refractivity contribution in [3.8, 4) is 0 Å². The van der Waals surface area contributed by atoms with E-state index in [1.807, 2.05) is 0 Å². The lowest BCUT2D eigenvalue weighted by atomic mass is 9.49. The number of aromatic amines is 1. The third kappa shape index (κ3) is 2.09. The predicted molar refractivity (Wildman–Crippen MR) is 84.1 cm³/mol. The van der Waals surface area contributed by atoms with Crippen molar-refractivity contribution in [1.29, 1.82) is 0 Å². The number of nitrogens with zero attached hydrogens (tertiary/aromatic N) is 1. The summed E-state index contributed by atoms with van der Waals surface area (Å²) in [4.78, 5) is 8.73. The van der Waals surface area contributed by atoms with Gasteiger partial charge in [0.05, 0.1) is 5.69 Å². The van der Waals surface area contributed by atoms with Crippen LogP contribution in [-0.4, -0.2) is 9.97 Å². The molecule has 1 aromatic rings. The number of imidazole rings is 1. The van der Waals surface area contributed by atoms with Gasteiger partial charge in [0.1, 0.15) is 5.82 Å². The van der Waals surface area contributed by atoms with Gasteiger partial charge in [0.25, 0.3) is 0 Å². The van der Waals surface area contributed by atoms with Crippen molar-refractivity contribution >= 4 is 0 Å². The number of aryl methyl sites for hydroxylation is 1. The van der Waals surface area contributed by atoms with Gasteiger partial charge in [0.15, 0.2) is 0 Å². The molecule has 2 heteroatoms. The first-order valence-corrected chi connectivity index (χ1v) is 9.24. The van der Waals surface area contributed by atoms with Gasteiger partial charge in [-0.15, -0.1) is 0 Å². The molecule has 4 bridgehead atoms. The van der Waals surface area contributed by atoms with Crippen molar-refractivity contribution in [1.82, 2.24) is 9.97 Å². The van der Waals surface area contributed by atoms with E-state index in [0.717, 1.165) is 23.7 Å². The molecule has 0 spiro atoms. The fourth-order valence-electron chi connectivity index (χ4n) is 6.66. The fourth-order valence-corrected chi connectivity index (χ4v) is 6.66. The van der Waals surface area contributed by atoms with Gasteiger partial charge < -0.3 is 4.98 Å². The topological polar surface area (TPSA) is 28.7 Å². The first kappa shape index (κ1) is 12.7. The second-order valence-electron chi connectivity index (χ2n) is 9.05. The molecule has 1 atom stereocenters. The lowest BCUT2D eigenvalue weighted by molar-refractivity contribution is -0.0531. The number of hydrogen-bond acceptors (Lipinski definition) is 1. The molecule has 5 aliphatic rings. The minimum absolute atomic E-state index is 0.626. The summed E-state index contributed by atoms with van der Waals surface area (Å²) in [6.07, 6.45) is 14.1. The number of H-pyrrole nitrogens is 1. The van der Waals surface area contributed by atoms with E-state index < -0.39 is 0 Å². The smallest absolute Gasteiger partial charge is 0.107 e. The number of aromatic nitrogens is 2. The third-order valence-electron chi connectivity index (χ3n) is 7.05. The summed E-state index contributed by atoms with van der Waals surface area (Å²) >= 11 is 0. The fraction of sp³-hybridized carbons (Fsp3) is 0.842. The van der Waals surface area contributed by atoms with Gasteiger partial charge in [-0.25, -0.2) is 4.98 Å². The molecule has 4 saturated carbocycles. The Morgan fingerprint density at radius 2 is 1.76 bits per heavy atom. The van der Waals surface area contributed by atoms with Crippen molar-refractivity contribution in [2.45, 2.75) is 71.1 Å². The van der Waals surface area contributed by atoms with Gasteiger partial charge in [0.2, 0.25) is 0 Å². The number of rotatable bonds is 2. The van der Waals surface area contributed by atoms with Gasteiger partial charge in [-0.3, -0.25) is 0 Å². The monoisotopic (exact) mass is 284 g/mol. The van der Waals surface area contributed by atoms with Crippen LogP contribution in [-0.2, 0) is 19.3 Å². The molecule has 1 unspecified atom stereocenters. The second-order valence-corrected chi connectivity index (χ2v) is 9.05. The molecular formula is C19H28N2. The maximum absolute atomic E-state index is 5.01. The SMILES string of the molecule is CC1CCc2nc(CC34CC5CC(CC(C5)C3)C4)[nH]c2C1. The Bertz CT molecular complexity index is 521. The molecule has 5 aliphatic carbocycles. The van der Waals surface area contributed by atoms with Crippen LogP contribution in [0.5, 0.6) is 0 Å². The Kier molecular flexibility index (Phi) is 2.64. The average Bonchev–Trinajstić information content (AvgIpc) is 2.77. The van der Waals surface area contributed by atoms with Crippen LogP contribution < -0.4 is 0 Å². The van der Waals surface area contributed by atoms with Crippen molar-refractivity contribution in [3.63, 3.8) is 0 Å². The second kappa shape index (κ2) is 4.36. The van der Waals surface area contributed by atoms with E-state index in [4.69, 9.17) is 4.98 Å². The summed E-state index contributed by atoms with van der Waals surface area (Å²) in [6, 6.07) is 0. The Morgan fingerprint density at radius 3 is 2.43 bits per heavy atom. The van der Waals surface area contributed by atoms with Gasteiger partial charge in [-0.05, 0) is 86.9 Å². The Hall–Kier alpha value is -0.790. The minimum Gasteiger partial charge on any atom is -0.346 e. The number of nitrogens with one attached hydrogen (secondary N) is 1. The molecule has 4 fully saturated rings. The highest BCUT2D eigenvalue weighted by atomic mass is 14.9. The highest BCUT2D eigenvalue weighted by Gasteiger charge is 2.51. The molecule has 0 saturated heterocycles. The maximum atomic E-state index is 5.01. The molecule has 1 N–H and O–H groups in total. The molecular weight excluding hydrogens is 256 g/mol. The Labute approximate surface area is 128 Å². The van der Waals surface area contributed by atoms with Crippen molar-refractivity contribution < 1.29 is 0 Å². The summed E-state index contributed by atoms with van der Waals surface area (Å²) in [7, 11) is 0. The van der Waals surface area contributed by atoms with Crippen LogP contribution in [0.1, 0.15) is 69.1 Å². The van der Waals surface area contributed by atoms with Crippen LogP contribution in [0.15, 0.2) is 0 Å². The lowest BCUT2D eigenvalue weighted by Gasteiger charge is -2.56. The molecule has 2 nitrogen and oxygen atoms in total. The zero-order valence-corrected chi connectivity index (χ0v) is 13.3. The summed E-state index contributed by atoms with van der Waals surface area (Å²) in [5.41, 5.74) is 3.49. The lowest BCUT2D eigenvalue weighted by Crippen LogP contribution is -2.47. The van der Waals surface area contributed by atoms with Gasteiger partial charge >= 0.3 is 0 Å². The summed E-state index contributed by atoms with van der Waals surface area (Å²) in [5.74, 6) is 5.34. The zero-order valence-electron chi connectivity index (χ0n) is 13.3. The molecule has 0 radical (unpaired) electrons. The maximum Gasteiger partial charge on any atom is 0.107 e. The van der Waals surface area contributed by atoms with E-state index >= 15 is 0 Å². The normalized spacial score (nSPS) is 44.0. The number of fused-ring (bicyclic) bond motifs is 1. The van der Waals surface area contributed by atoms with Crippen LogP contribution in [0.3, 0.4) is 0 Å². The highest BCUT2D eigenvalue weighted by Crippen LogP contribution is 2.60. The van der Waals surface area contributed by atoms with Crippen molar-refractivity contribution in [2.75, 3.05) is 0 Å². The summed E-state index contributed by atoms with van der Waals surface area (Å²) in [6.45, 7) is 2.38. The largest absolute Gasteiger partial charge is 0.346 e. The predicted octanol–water partition coefficient (Wildman–Crippen LogP) is 4.29. The van der Waals surface area contributed by atoms with E-state index in [9.17, 15) is 0 Å². The van der Waals surface area contributed by atoms with Gasteiger partial charge in [-0.2, -0.15) is 0 Å². The standard InChI is InChI=1S/C19H28N2/c1-12-2-3-16-17(4-12)21-18(20-16)11-19-8-13-5-14(9-19)7-15(6-13)10-19/h12-15H,2-11H2,1H3,(H,20,21). The Balaban J connectivity index is 1.40. The van der Waals surface area contributed by atoms with E-state index in [1.165, 1.54) is 62.2 Å². The Morgan fingerprint density at radius 1 is 1.10 bits per heavy atom. The number of hydrogen-bond donors (Lipinski definition) is 1. The van der Waals surface area contributed by atoms with Crippen molar-refractivity contribution in [2.24, 2.45) is 29.1 Å². The quantitative estimate of drug-likeness (QED) is 0.862. The van der Waals surface area contributed by atoms with Crippen LogP contribution in [0.2, 0.25) is 0 Å².